The Labute approximate surface area is 48.6 Å². The lowest BCUT2D eigenvalue weighted by Crippen LogP contribution is -1.66. The predicted octanol–water partition coefficient (Wildman–Crippen LogP) is 1.45. The molecule has 0 atom stereocenters. The Bertz CT molecular complexity index is 143. The minimum Gasteiger partial charge on any atom is -0.508 e. The molecule has 0 aliphatic heterocycles. The van der Waals surface area contributed by atoms with Crippen LogP contribution in [-0.4, -0.2) is 5.11 Å². The summed E-state index contributed by atoms with van der Waals surface area (Å²) in [6.45, 7) is 5.32. The van der Waals surface area contributed by atoms with Crippen molar-refractivity contribution in [2.24, 2.45) is 0 Å². The smallest absolute Gasteiger partial charge is 0.115 e. The summed E-state index contributed by atoms with van der Waals surface area (Å²) in [4.78, 5) is 0. The van der Waals surface area contributed by atoms with Crippen LogP contribution in [0.25, 0.3) is 0 Å². The second-order valence-electron chi connectivity index (χ2n) is 1.59. The maximum absolute atomic E-state index is 8.70. The Morgan fingerprint density at radius 3 is 2.00 bits per heavy atom. The predicted molar refractivity (Wildman–Crippen MR) is 31.5 cm³/mol. The molecule has 0 saturated heterocycles. The fourth-order valence-electron chi connectivity index (χ4n) is 0.474. The summed E-state index contributed by atoms with van der Waals surface area (Å²) in [6.07, 6.45) is 0. The standard InChI is InChI=1S/C7H6O/c1-6-2-4-7(8)5-3-6/h1-5,8H. The van der Waals surface area contributed by atoms with Gasteiger partial charge in [-0.1, -0.05) is 12.1 Å². The molecule has 0 heterocycles. The third kappa shape index (κ3) is 0.997. The third-order valence-electron chi connectivity index (χ3n) is 0.893. The number of aromatic hydroxyl groups is 1. The van der Waals surface area contributed by atoms with Crippen molar-refractivity contribution in [1.82, 2.24) is 0 Å². The lowest BCUT2D eigenvalue weighted by molar-refractivity contribution is 0.475. The zero-order valence-electron chi connectivity index (χ0n) is 4.33. The number of benzene rings is 1. The third-order valence-corrected chi connectivity index (χ3v) is 0.893. The number of rotatable bonds is 0. The fourth-order valence-corrected chi connectivity index (χ4v) is 0.474. The van der Waals surface area contributed by atoms with Gasteiger partial charge in [-0.2, -0.15) is 0 Å². The van der Waals surface area contributed by atoms with Crippen LogP contribution in [-0.2, 0) is 0 Å². The molecule has 40 valence electrons. The molecule has 0 bridgehead atoms. The van der Waals surface area contributed by atoms with Crippen molar-refractivity contribution in [3.05, 3.63) is 36.8 Å². The molecule has 1 N–H and O–H groups in total. The molecule has 0 saturated carbocycles. The SMILES string of the molecule is [CH]c1ccc(O)cc1. The van der Waals surface area contributed by atoms with Crippen molar-refractivity contribution in [2.45, 2.75) is 0 Å². The van der Waals surface area contributed by atoms with E-state index in [0.29, 0.717) is 5.56 Å². The lowest BCUT2D eigenvalue weighted by atomic mass is 10.2. The van der Waals surface area contributed by atoms with Crippen LogP contribution in [0.5, 0.6) is 5.75 Å². The number of hydrogen-bond acceptors (Lipinski definition) is 1. The van der Waals surface area contributed by atoms with Gasteiger partial charge in [-0.3, -0.25) is 0 Å². The highest BCUT2D eigenvalue weighted by molar-refractivity contribution is 5.27. The molecule has 8 heavy (non-hydrogen) atoms. The van der Waals surface area contributed by atoms with Gasteiger partial charge in [0.1, 0.15) is 5.75 Å². The maximum Gasteiger partial charge on any atom is 0.115 e. The van der Waals surface area contributed by atoms with Crippen LogP contribution in [0.3, 0.4) is 0 Å². The van der Waals surface area contributed by atoms with E-state index in [9.17, 15) is 0 Å². The van der Waals surface area contributed by atoms with E-state index in [1.807, 2.05) is 0 Å². The Kier molecular flexibility index (Phi) is 1.20. The van der Waals surface area contributed by atoms with Crippen LogP contribution in [0, 0.1) is 6.92 Å². The Morgan fingerprint density at radius 2 is 1.62 bits per heavy atom. The van der Waals surface area contributed by atoms with Gasteiger partial charge in [0.05, 0.1) is 0 Å². The summed E-state index contributed by atoms with van der Waals surface area (Å²) in [5, 5.41) is 8.70. The molecule has 0 fully saturated rings. The first kappa shape index (κ1) is 5.16. The quantitative estimate of drug-likeness (QED) is 0.530. The monoisotopic (exact) mass is 106 g/mol. The highest BCUT2D eigenvalue weighted by Gasteiger charge is 1.82. The van der Waals surface area contributed by atoms with E-state index >= 15 is 0 Å². The highest BCUT2D eigenvalue weighted by atomic mass is 16.3. The molecule has 1 nitrogen and oxygen atoms in total. The molecular weight excluding hydrogens is 100 g/mol. The van der Waals surface area contributed by atoms with Gasteiger partial charge < -0.3 is 5.11 Å². The van der Waals surface area contributed by atoms with E-state index in [4.69, 9.17) is 12.0 Å². The van der Waals surface area contributed by atoms with Gasteiger partial charge in [-0.05, 0) is 24.6 Å². The van der Waals surface area contributed by atoms with Crippen molar-refractivity contribution in [2.75, 3.05) is 0 Å². The van der Waals surface area contributed by atoms with Crippen molar-refractivity contribution < 1.29 is 5.11 Å². The molecular formula is C7H6O. The van der Waals surface area contributed by atoms with E-state index in [2.05, 4.69) is 0 Å². The molecule has 0 spiro atoms. The molecule has 0 amide bonds. The van der Waals surface area contributed by atoms with Crippen LogP contribution in [0.15, 0.2) is 24.3 Å². The van der Waals surface area contributed by atoms with Gasteiger partial charge in [-0.25, -0.2) is 0 Å². The van der Waals surface area contributed by atoms with Gasteiger partial charge >= 0.3 is 0 Å². The summed E-state index contributed by atoms with van der Waals surface area (Å²) in [6, 6.07) is 6.40. The average molecular weight is 106 g/mol. The van der Waals surface area contributed by atoms with Crippen molar-refractivity contribution in [3.8, 4) is 5.75 Å². The minimum absolute atomic E-state index is 0.249. The topological polar surface area (TPSA) is 20.2 Å². The zero-order valence-corrected chi connectivity index (χ0v) is 4.33. The molecule has 0 unspecified atom stereocenters. The van der Waals surface area contributed by atoms with Crippen LogP contribution < -0.4 is 0 Å². The van der Waals surface area contributed by atoms with Crippen molar-refractivity contribution >= 4 is 0 Å². The van der Waals surface area contributed by atoms with Gasteiger partial charge in [0, 0.05) is 0 Å². The minimum atomic E-state index is 0.249. The number of phenolic OH excluding ortho intramolecular Hbond substituents is 1. The van der Waals surface area contributed by atoms with E-state index in [1.54, 1.807) is 24.3 Å². The summed E-state index contributed by atoms with van der Waals surface area (Å²) >= 11 is 0. The number of hydrogen-bond donors (Lipinski definition) is 1. The van der Waals surface area contributed by atoms with Crippen LogP contribution in [0.4, 0.5) is 0 Å². The Balaban J connectivity index is 3.03. The molecule has 0 aromatic heterocycles. The van der Waals surface area contributed by atoms with Gasteiger partial charge in [0.15, 0.2) is 0 Å². The summed E-state index contributed by atoms with van der Waals surface area (Å²) in [5.74, 6) is 0.249. The van der Waals surface area contributed by atoms with Gasteiger partial charge in [-0.15, -0.1) is 0 Å². The normalized spacial score (nSPS) is 9.12. The second kappa shape index (κ2) is 1.86. The highest BCUT2D eigenvalue weighted by Crippen LogP contribution is 2.07. The van der Waals surface area contributed by atoms with Crippen LogP contribution >= 0.6 is 0 Å². The van der Waals surface area contributed by atoms with E-state index in [0.717, 1.165) is 0 Å². The zero-order chi connectivity index (χ0) is 5.98. The van der Waals surface area contributed by atoms with Gasteiger partial charge in [0.2, 0.25) is 0 Å². The molecule has 1 aromatic carbocycles. The van der Waals surface area contributed by atoms with Crippen LogP contribution in [0.2, 0.25) is 0 Å². The van der Waals surface area contributed by atoms with E-state index in [1.165, 1.54) is 0 Å². The van der Waals surface area contributed by atoms with Crippen molar-refractivity contribution in [3.63, 3.8) is 0 Å². The summed E-state index contributed by atoms with van der Waals surface area (Å²) in [5.41, 5.74) is 0.669. The number of phenols is 1. The van der Waals surface area contributed by atoms with E-state index in [-0.39, 0.29) is 5.75 Å². The second-order valence-corrected chi connectivity index (χ2v) is 1.59. The molecule has 1 aromatic rings. The van der Waals surface area contributed by atoms with E-state index < -0.39 is 0 Å². The fraction of sp³-hybridized carbons (Fsp3) is 0. The van der Waals surface area contributed by atoms with Gasteiger partial charge in [0.25, 0.3) is 0 Å². The molecule has 1 rings (SSSR count). The maximum atomic E-state index is 8.70. The first-order valence-corrected chi connectivity index (χ1v) is 2.33. The molecule has 0 aliphatic carbocycles. The molecule has 1 heteroatoms. The average Bonchev–Trinajstić information content (AvgIpc) is 1.77. The Morgan fingerprint density at radius 1 is 1.12 bits per heavy atom. The largest absolute Gasteiger partial charge is 0.508 e. The van der Waals surface area contributed by atoms with Crippen molar-refractivity contribution in [1.29, 1.82) is 0 Å². The first-order chi connectivity index (χ1) is 3.79. The summed E-state index contributed by atoms with van der Waals surface area (Å²) in [7, 11) is 0. The molecule has 2 radical (unpaired) electrons. The van der Waals surface area contributed by atoms with Crippen LogP contribution in [0.1, 0.15) is 5.56 Å². The lowest BCUT2D eigenvalue weighted by Gasteiger charge is -1.88. The Hall–Kier alpha value is -0.980. The summed E-state index contributed by atoms with van der Waals surface area (Å²) < 4.78 is 0. The molecule has 0 aliphatic rings. The first-order valence-electron chi connectivity index (χ1n) is 2.33.